The minimum absolute atomic E-state index is 0.282. The summed E-state index contributed by atoms with van der Waals surface area (Å²) >= 11 is 10.9. The van der Waals surface area contributed by atoms with Crippen LogP contribution in [0.15, 0.2) is 20.8 Å². The maximum absolute atomic E-state index is 11.9. The Morgan fingerprint density at radius 3 is 2.83 bits per heavy atom. The summed E-state index contributed by atoms with van der Waals surface area (Å²) in [7, 11) is 0. The van der Waals surface area contributed by atoms with E-state index in [4.69, 9.17) is 17.3 Å². The second kappa shape index (κ2) is 5.52. The van der Waals surface area contributed by atoms with E-state index in [1.165, 1.54) is 11.3 Å². The molecule has 0 atom stereocenters. The van der Waals surface area contributed by atoms with Crippen LogP contribution in [0.3, 0.4) is 0 Å². The van der Waals surface area contributed by atoms with Gasteiger partial charge in [0.1, 0.15) is 10.9 Å². The number of halogens is 1. The largest absolute Gasteiger partial charge is 0.480 e. The highest BCUT2D eigenvalue weighted by molar-refractivity contribution is 9.11. The predicted molar refractivity (Wildman–Crippen MR) is 79.5 cm³/mol. The molecule has 1 fully saturated rings. The van der Waals surface area contributed by atoms with Gasteiger partial charge in [-0.05, 0) is 34.1 Å². The highest BCUT2D eigenvalue weighted by atomic mass is 79.9. The average molecular weight is 364 g/mol. The third kappa shape index (κ3) is 3.00. The fourth-order valence-corrected chi connectivity index (χ4v) is 3.99. The molecule has 0 aliphatic carbocycles. The minimum Gasteiger partial charge on any atom is -0.480 e. The van der Waals surface area contributed by atoms with Crippen LogP contribution in [-0.2, 0) is 9.59 Å². The van der Waals surface area contributed by atoms with Crippen LogP contribution in [0.25, 0.3) is 6.08 Å². The van der Waals surface area contributed by atoms with Crippen LogP contribution in [0.5, 0.6) is 0 Å². The minimum atomic E-state index is -1.08. The number of carboxylic acid groups (broad SMARTS) is 1. The first-order chi connectivity index (χ1) is 8.47. The molecule has 0 saturated carbocycles. The molecule has 2 heterocycles. The molecule has 18 heavy (non-hydrogen) atoms. The molecular weight excluding hydrogens is 358 g/mol. The van der Waals surface area contributed by atoms with E-state index in [2.05, 4.69) is 15.9 Å². The smallest absolute Gasteiger partial charge is 0.323 e. The summed E-state index contributed by atoms with van der Waals surface area (Å²) in [5.41, 5.74) is 0. The van der Waals surface area contributed by atoms with Gasteiger partial charge in [0.25, 0.3) is 5.91 Å². The molecule has 0 bridgehead atoms. The van der Waals surface area contributed by atoms with Crippen molar-refractivity contribution >= 4 is 73.5 Å². The Bertz CT molecular complexity index is 566. The van der Waals surface area contributed by atoms with Crippen LogP contribution >= 0.6 is 51.2 Å². The van der Waals surface area contributed by atoms with Gasteiger partial charge in [-0.25, -0.2) is 0 Å². The fraction of sp³-hybridized carbons (Fsp3) is 0.100. The normalized spacial score (nSPS) is 17.8. The molecular formula is C10H6BrNO3S3. The molecule has 1 N–H and O–H groups in total. The molecule has 1 aromatic rings. The lowest BCUT2D eigenvalue weighted by Crippen LogP contribution is -2.33. The molecule has 2 rings (SSSR count). The SMILES string of the molecule is O=C(O)CN1C(=O)/C(=C/c2ccc(Br)s2)SC1=S. The molecule has 1 amide bonds. The van der Waals surface area contributed by atoms with Crippen LogP contribution in [0.4, 0.5) is 0 Å². The fourth-order valence-electron chi connectivity index (χ4n) is 1.31. The molecule has 94 valence electrons. The standard InChI is InChI=1S/C10H6BrNO3S3/c11-7-2-1-5(17-7)3-6-9(15)12(4-8(13)14)10(16)18-6/h1-3H,4H2,(H,13,14)/b6-3-. The molecule has 8 heteroatoms. The Morgan fingerprint density at radius 2 is 2.28 bits per heavy atom. The lowest BCUT2D eigenvalue weighted by Gasteiger charge is -2.09. The molecule has 4 nitrogen and oxygen atoms in total. The molecule has 0 spiro atoms. The summed E-state index contributed by atoms with van der Waals surface area (Å²) in [6.45, 7) is -0.393. The number of thioether (sulfide) groups is 1. The van der Waals surface area contributed by atoms with E-state index >= 15 is 0 Å². The lowest BCUT2D eigenvalue weighted by atomic mass is 10.4. The summed E-state index contributed by atoms with van der Waals surface area (Å²) < 4.78 is 1.25. The first-order valence-corrected chi connectivity index (χ1v) is 7.53. The summed E-state index contributed by atoms with van der Waals surface area (Å²) in [6.07, 6.45) is 1.72. The van der Waals surface area contributed by atoms with Crippen molar-refractivity contribution in [3.63, 3.8) is 0 Å². The number of hydrogen-bond acceptors (Lipinski definition) is 5. The van der Waals surface area contributed by atoms with Crippen LogP contribution in [-0.4, -0.2) is 32.7 Å². The predicted octanol–water partition coefficient (Wildman–Crippen LogP) is 2.80. The Labute approximate surface area is 125 Å². The number of rotatable bonds is 3. The van der Waals surface area contributed by atoms with Gasteiger partial charge >= 0.3 is 5.97 Å². The Kier molecular flexibility index (Phi) is 4.21. The summed E-state index contributed by atoms with van der Waals surface area (Å²) in [4.78, 5) is 25.0. The zero-order valence-electron chi connectivity index (χ0n) is 8.75. The number of carbonyl (C=O) groups is 2. The van der Waals surface area contributed by atoms with Crippen molar-refractivity contribution in [3.8, 4) is 0 Å². The van der Waals surface area contributed by atoms with Gasteiger partial charge in [0.2, 0.25) is 0 Å². The van der Waals surface area contributed by atoms with Crippen molar-refractivity contribution in [1.29, 1.82) is 0 Å². The number of hydrogen-bond donors (Lipinski definition) is 1. The number of aliphatic carboxylic acids is 1. The summed E-state index contributed by atoms with van der Waals surface area (Å²) in [5, 5.41) is 8.70. The van der Waals surface area contributed by atoms with Crippen molar-refractivity contribution in [3.05, 3.63) is 25.7 Å². The zero-order chi connectivity index (χ0) is 13.3. The number of amides is 1. The third-order valence-electron chi connectivity index (χ3n) is 2.03. The van der Waals surface area contributed by atoms with E-state index in [-0.39, 0.29) is 10.2 Å². The molecule has 1 aliphatic rings. The van der Waals surface area contributed by atoms with Crippen molar-refractivity contribution in [2.75, 3.05) is 6.54 Å². The Hall–Kier alpha value is -0.700. The van der Waals surface area contributed by atoms with Crippen molar-refractivity contribution in [1.82, 2.24) is 4.90 Å². The number of carbonyl (C=O) groups excluding carboxylic acids is 1. The topological polar surface area (TPSA) is 57.6 Å². The van der Waals surface area contributed by atoms with Gasteiger partial charge in [-0.2, -0.15) is 0 Å². The molecule has 1 aromatic heterocycles. The monoisotopic (exact) mass is 363 g/mol. The highest BCUT2D eigenvalue weighted by Gasteiger charge is 2.33. The molecule has 0 radical (unpaired) electrons. The van der Waals surface area contributed by atoms with E-state index < -0.39 is 12.5 Å². The first kappa shape index (κ1) is 13.7. The van der Waals surface area contributed by atoms with E-state index in [0.717, 1.165) is 25.3 Å². The van der Waals surface area contributed by atoms with Crippen molar-refractivity contribution in [2.45, 2.75) is 0 Å². The Balaban J connectivity index is 2.22. The van der Waals surface area contributed by atoms with Gasteiger partial charge < -0.3 is 5.11 Å². The summed E-state index contributed by atoms with van der Waals surface area (Å²) in [5.74, 6) is -1.43. The second-order valence-electron chi connectivity index (χ2n) is 3.30. The van der Waals surface area contributed by atoms with Gasteiger partial charge in [-0.3, -0.25) is 14.5 Å². The molecule has 0 unspecified atom stereocenters. The highest BCUT2D eigenvalue weighted by Crippen LogP contribution is 2.34. The van der Waals surface area contributed by atoms with Crippen LogP contribution < -0.4 is 0 Å². The quantitative estimate of drug-likeness (QED) is 0.660. The first-order valence-electron chi connectivity index (χ1n) is 4.70. The third-order valence-corrected chi connectivity index (χ3v) is 4.98. The van der Waals surface area contributed by atoms with Gasteiger partial charge in [0, 0.05) is 4.88 Å². The van der Waals surface area contributed by atoms with Crippen LogP contribution in [0, 0.1) is 0 Å². The summed E-state index contributed by atoms with van der Waals surface area (Å²) in [6, 6.07) is 3.76. The molecule has 0 aromatic carbocycles. The number of carboxylic acids is 1. The maximum Gasteiger partial charge on any atom is 0.323 e. The van der Waals surface area contributed by atoms with Crippen LogP contribution in [0.1, 0.15) is 4.88 Å². The van der Waals surface area contributed by atoms with Gasteiger partial charge in [0.15, 0.2) is 0 Å². The molecule has 1 aliphatic heterocycles. The zero-order valence-corrected chi connectivity index (χ0v) is 12.8. The van der Waals surface area contributed by atoms with Crippen LogP contribution in [0.2, 0.25) is 0 Å². The van der Waals surface area contributed by atoms with Gasteiger partial charge in [0.05, 0.1) is 8.69 Å². The number of thiophene rings is 1. The van der Waals surface area contributed by atoms with Gasteiger partial charge in [-0.15, -0.1) is 11.3 Å². The van der Waals surface area contributed by atoms with Crippen molar-refractivity contribution < 1.29 is 14.7 Å². The van der Waals surface area contributed by atoms with Gasteiger partial charge in [-0.1, -0.05) is 24.0 Å². The van der Waals surface area contributed by atoms with Crippen molar-refractivity contribution in [2.24, 2.45) is 0 Å². The second-order valence-corrected chi connectivity index (χ2v) is 7.47. The van der Waals surface area contributed by atoms with E-state index in [0.29, 0.717) is 4.91 Å². The molecule has 1 saturated heterocycles. The van der Waals surface area contributed by atoms with E-state index in [1.807, 2.05) is 12.1 Å². The Morgan fingerprint density at radius 1 is 1.56 bits per heavy atom. The maximum atomic E-state index is 11.9. The number of nitrogens with zero attached hydrogens (tertiary/aromatic N) is 1. The van der Waals surface area contributed by atoms with E-state index in [9.17, 15) is 9.59 Å². The number of thiocarbonyl (C=S) groups is 1. The van der Waals surface area contributed by atoms with E-state index in [1.54, 1.807) is 6.08 Å². The average Bonchev–Trinajstić information content (AvgIpc) is 2.78. The lowest BCUT2D eigenvalue weighted by molar-refractivity contribution is -0.140.